The molecule has 3 aromatic heterocycles. The molecule has 4 heterocycles. The van der Waals surface area contributed by atoms with Gasteiger partial charge in [-0.15, -0.1) is 0 Å². The first-order chi connectivity index (χ1) is 17.4. The zero-order valence-electron chi connectivity index (χ0n) is 20.0. The molecule has 4 aromatic rings. The molecule has 0 saturated carbocycles. The second-order valence-electron chi connectivity index (χ2n) is 8.41. The van der Waals surface area contributed by atoms with E-state index in [4.69, 9.17) is 24.0 Å². The summed E-state index contributed by atoms with van der Waals surface area (Å²) in [5, 5.41) is 6.89. The Morgan fingerprint density at radius 3 is 2.47 bits per heavy atom. The molecule has 1 saturated heterocycles. The number of piperidine rings is 1. The highest BCUT2D eigenvalue weighted by atomic mass is 16.5. The van der Waals surface area contributed by atoms with E-state index >= 15 is 0 Å². The highest BCUT2D eigenvalue weighted by Gasteiger charge is 2.41. The topological polar surface area (TPSA) is 127 Å². The van der Waals surface area contributed by atoms with Crippen molar-refractivity contribution in [2.24, 2.45) is 0 Å². The van der Waals surface area contributed by atoms with Gasteiger partial charge < -0.3 is 23.6 Å². The van der Waals surface area contributed by atoms with Crippen LogP contribution in [-0.2, 0) is 14.9 Å². The summed E-state index contributed by atoms with van der Waals surface area (Å²) in [5.41, 5.74) is 3.45. The van der Waals surface area contributed by atoms with E-state index in [2.05, 4.69) is 17.1 Å². The first kappa shape index (κ1) is 24.6. The third-order valence-corrected chi connectivity index (χ3v) is 6.54. The van der Waals surface area contributed by atoms with Crippen LogP contribution in [0.25, 0.3) is 5.65 Å². The van der Waals surface area contributed by atoms with Crippen LogP contribution in [0.4, 0.5) is 0 Å². The molecule has 36 heavy (non-hydrogen) atoms. The number of ether oxygens (including phenoxy) is 1. The average Bonchev–Trinajstić information content (AvgIpc) is 3.54. The van der Waals surface area contributed by atoms with Crippen molar-refractivity contribution in [3.05, 3.63) is 89.5 Å². The van der Waals surface area contributed by atoms with Gasteiger partial charge in [0.2, 0.25) is 5.76 Å². The van der Waals surface area contributed by atoms with Crippen LogP contribution in [0, 0.1) is 6.92 Å². The summed E-state index contributed by atoms with van der Waals surface area (Å²) in [6.07, 6.45) is 6.57. The standard InChI is InChI=1S/C25H24N4O4.CH2O2/c1-17-22(33-16-26-17)23(30)28-12-9-25(10-13-28,19-6-4-3-5-7-19)20-15-29-11-8-18(24(31)32-2)14-21(29)27-20;2-1-3/h3-8,11,14-16H,9-10,12-13H2,1-2H3;1H,(H,2,3). The Kier molecular flexibility index (Phi) is 7.14. The number of carboxylic acid groups (broad SMARTS) is 1. The van der Waals surface area contributed by atoms with Gasteiger partial charge in [-0.1, -0.05) is 30.3 Å². The molecule has 10 heteroatoms. The Bertz CT molecular complexity index is 1370. The van der Waals surface area contributed by atoms with Gasteiger partial charge >= 0.3 is 5.97 Å². The molecule has 1 fully saturated rings. The fraction of sp³-hybridized carbons (Fsp3) is 0.269. The lowest BCUT2D eigenvalue weighted by Gasteiger charge is -2.41. The number of carbonyl (C=O) groups excluding carboxylic acids is 2. The van der Waals surface area contributed by atoms with Gasteiger partial charge in [0.15, 0.2) is 6.39 Å². The molecular weight excluding hydrogens is 464 g/mol. The van der Waals surface area contributed by atoms with Gasteiger partial charge in [0, 0.05) is 30.9 Å². The number of likely N-dealkylation sites (tertiary alicyclic amines) is 1. The molecule has 1 aromatic carbocycles. The van der Waals surface area contributed by atoms with Crippen LogP contribution >= 0.6 is 0 Å². The quantitative estimate of drug-likeness (QED) is 0.341. The molecule has 10 nitrogen and oxygen atoms in total. The number of aryl methyl sites for hydroxylation is 1. The van der Waals surface area contributed by atoms with Crippen LogP contribution in [0.1, 0.15) is 50.7 Å². The van der Waals surface area contributed by atoms with Gasteiger partial charge in [-0.3, -0.25) is 9.59 Å². The lowest BCUT2D eigenvalue weighted by molar-refractivity contribution is -0.122. The Morgan fingerprint density at radius 2 is 1.86 bits per heavy atom. The summed E-state index contributed by atoms with van der Waals surface area (Å²) >= 11 is 0. The second kappa shape index (κ2) is 10.4. The molecule has 1 amide bonds. The Morgan fingerprint density at radius 1 is 1.17 bits per heavy atom. The molecule has 1 aliphatic heterocycles. The highest BCUT2D eigenvalue weighted by molar-refractivity contribution is 5.92. The zero-order valence-corrected chi connectivity index (χ0v) is 20.0. The minimum Gasteiger partial charge on any atom is -0.483 e. The number of fused-ring (bicyclic) bond motifs is 1. The predicted octanol–water partition coefficient (Wildman–Crippen LogP) is 3.34. The van der Waals surface area contributed by atoms with Crippen LogP contribution in [0.5, 0.6) is 0 Å². The molecule has 0 spiro atoms. The van der Waals surface area contributed by atoms with Crippen molar-refractivity contribution in [3.8, 4) is 0 Å². The van der Waals surface area contributed by atoms with Crippen LogP contribution in [0.15, 0.2) is 65.7 Å². The third-order valence-electron chi connectivity index (χ3n) is 6.54. The number of esters is 1. The molecule has 1 N–H and O–H groups in total. The Balaban J connectivity index is 0.000000967. The van der Waals surface area contributed by atoms with Crippen molar-refractivity contribution in [2.45, 2.75) is 25.2 Å². The summed E-state index contributed by atoms with van der Waals surface area (Å²) in [7, 11) is 1.36. The number of methoxy groups -OCH3 is 1. The van der Waals surface area contributed by atoms with Crippen molar-refractivity contribution in [1.29, 1.82) is 0 Å². The molecule has 1 aliphatic rings. The number of oxazole rings is 1. The minimum absolute atomic E-state index is 0.135. The number of rotatable bonds is 4. The van der Waals surface area contributed by atoms with E-state index in [0.29, 0.717) is 48.6 Å². The number of amides is 1. The number of hydrogen-bond donors (Lipinski definition) is 1. The Labute approximate surface area is 207 Å². The third kappa shape index (κ3) is 4.57. The summed E-state index contributed by atoms with van der Waals surface area (Å²) in [4.78, 5) is 44.1. The van der Waals surface area contributed by atoms with Gasteiger partial charge in [-0.25, -0.2) is 14.8 Å². The van der Waals surface area contributed by atoms with Crippen LogP contribution in [0.3, 0.4) is 0 Å². The molecule has 5 rings (SSSR count). The summed E-state index contributed by atoms with van der Waals surface area (Å²) in [6.45, 7) is 2.65. The number of imidazole rings is 1. The minimum atomic E-state index is -0.394. The van der Waals surface area contributed by atoms with Gasteiger partial charge in [-0.05, 0) is 37.5 Å². The van der Waals surface area contributed by atoms with Crippen molar-refractivity contribution in [2.75, 3.05) is 20.2 Å². The van der Waals surface area contributed by atoms with Crippen LogP contribution in [-0.4, -0.2) is 62.9 Å². The van der Waals surface area contributed by atoms with E-state index in [-0.39, 0.29) is 17.8 Å². The lowest BCUT2D eigenvalue weighted by atomic mass is 9.70. The number of hydrogen-bond acceptors (Lipinski definition) is 7. The number of benzene rings is 1. The van der Waals surface area contributed by atoms with E-state index in [0.717, 1.165) is 11.3 Å². The predicted molar refractivity (Wildman–Crippen MR) is 129 cm³/mol. The van der Waals surface area contributed by atoms with Gasteiger partial charge in [-0.2, -0.15) is 0 Å². The molecule has 0 bridgehead atoms. The largest absolute Gasteiger partial charge is 0.483 e. The molecule has 186 valence electrons. The maximum atomic E-state index is 13.0. The molecule has 0 atom stereocenters. The molecule has 0 aliphatic carbocycles. The van der Waals surface area contributed by atoms with Crippen LogP contribution in [0.2, 0.25) is 0 Å². The van der Waals surface area contributed by atoms with E-state index in [1.54, 1.807) is 19.1 Å². The smallest absolute Gasteiger partial charge is 0.338 e. The summed E-state index contributed by atoms with van der Waals surface area (Å²) in [6, 6.07) is 13.7. The van der Waals surface area contributed by atoms with E-state index < -0.39 is 5.97 Å². The number of aromatic nitrogens is 3. The fourth-order valence-electron chi connectivity index (χ4n) is 4.65. The Hall–Kier alpha value is -4.47. The highest BCUT2D eigenvalue weighted by Crippen LogP contribution is 2.41. The first-order valence-corrected chi connectivity index (χ1v) is 11.3. The zero-order chi connectivity index (χ0) is 25.7. The van der Waals surface area contributed by atoms with E-state index in [1.165, 1.54) is 13.5 Å². The molecule has 0 unspecified atom stereocenters. The monoisotopic (exact) mass is 490 g/mol. The summed E-state index contributed by atoms with van der Waals surface area (Å²) in [5.74, 6) is -0.232. The summed E-state index contributed by atoms with van der Waals surface area (Å²) < 4.78 is 12.1. The maximum Gasteiger partial charge on any atom is 0.338 e. The van der Waals surface area contributed by atoms with Crippen molar-refractivity contribution >= 4 is 24.0 Å². The number of nitrogens with zero attached hydrogens (tertiary/aromatic N) is 4. The lowest BCUT2D eigenvalue weighted by Crippen LogP contribution is -2.46. The van der Waals surface area contributed by atoms with Gasteiger partial charge in [0.05, 0.1) is 24.1 Å². The second-order valence-corrected chi connectivity index (χ2v) is 8.41. The van der Waals surface area contributed by atoms with Crippen molar-refractivity contribution in [1.82, 2.24) is 19.3 Å². The fourth-order valence-corrected chi connectivity index (χ4v) is 4.65. The van der Waals surface area contributed by atoms with E-state index in [9.17, 15) is 9.59 Å². The maximum absolute atomic E-state index is 13.0. The van der Waals surface area contributed by atoms with E-state index in [1.807, 2.05) is 39.9 Å². The van der Waals surface area contributed by atoms with Crippen molar-refractivity contribution < 1.29 is 28.6 Å². The van der Waals surface area contributed by atoms with Crippen LogP contribution < -0.4 is 0 Å². The number of carbonyl (C=O) groups is 3. The van der Waals surface area contributed by atoms with Gasteiger partial charge in [0.25, 0.3) is 12.4 Å². The molecular formula is C26H26N4O6. The number of pyridine rings is 1. The SMILES string of the molecule is COC(=O)c1ccn2cc(C3(c4ccccc4)CCN(C(=O)c4ocnc4C)CC3)nc2c1.O=CO. The average molecular weight is 491 g/mol. The first-order valence-electron chi connectivity index (χ1n) is 11.3. The normalized spacial score (nSPS) is 14.6. The molecule has 0 radical (unpaired) electrons. The van der Waals surface area contributed by atoms with Gasteiger partial charge in [0.1, 0.15) is 5.65 Å². The van der Waals surface area contributed by atoms with Crippen molar-refractivity contribution in [3.63, 3.8) is 0 Å².